The summed E-state index contributed by atoms with van der Waals surface area (Å²) in [5.74, 6) is 0.0671. The average Bonchev–Trinajstić information content (AvgIpc) is 2.66. The second-order valence-corrected chi connectivity index (χ2v) is 6.08. The van der Waals surface area contributed by atoms with E-state index in [1.807, 2.05) is 20.8 Å². The third kappa shape index (κ3) is 4.21. The van der Waals surface area contributed by atoms with Crippen molar-refractivity contribution < 1.29 is 4.79 Å². The Kier molecular flexibility index (Phi) is 5.81. The first kappa shape index (κ1) is 16.0. The van der Waals surface area contributed by atoms with E-state index in [9.17, 15) is 10.1 Å². The molecule has 1 fully saturated rings. The third-order valence-corrected chi connectivity index (χ3v) is 4.34. The van der Waals surface area contributed by atoms with E-state index >= 15 is 0 Å². The second kappa shape index (κ2) is 6.91. The summed E-state index contributed by atoms with van der Waals surface area (Å²) in [7, 11) is 0. The molecule has 0 radical (unpaired) electrons. The fraction of sp³-hybridized carbons (Fsp3) is 0.867. The first-order chi connectivity index (χ1) is 8.90. The van der Waals surface area contributed by atoms with Gasteiger partial charge in [0, 0.05) is 0 Å². The highest BCUT2D eigenvalue weighted by Gasteiger charge is 2.33. The van der Waals surface area contributed by atoms with Gasteiger partial charge < -0.3 is 5.32 Å². The Balaban J connectivity index is 2.64. The summed E-state index contributed by atoms with van der Waals surface area (Å²) in [6.07, 6.45) is 4.84. The molecule has 1 rings (SSSR count). The standard InChI is InChI=1S/C15H27N3O/c1-12(2)15(4,11-16)17-14(19)13(3)18-9-7-5-6-8-10-18/h12-13H,5-10H2,1-4H3,(H,17,19). The van der Waals surface area contributed by atoms with Gasteiger partial charge in [-0.05, 0) is 45.7 Å². The van der Waals surface area contributed by atoms with Gasteiger partial charge in [0.15, 0.2) is 0 Å². The zero-order valence-electron chi connectivity index (χ0n) is 12.7. The lowest BCUT2D eigenvalue weighted by Crippen LogP contribution is -2.55. The van der Waals surface area contributed by atoms with E-state index < -0.39 is 5.54 Å². The Morgan fingerprint density at radius 3 is 2.16 bits per heavy atom. The van der Waals surface area contributed by atoms with Gasteiger partial charge in [0.1, 0.15) is 5.54 Å². The summed E-state index contributed by atoms with van der Waals surface area (Å²) in [5.41, 5.74) is -0.781. The molecule has 0 spiro atoms. The normalized spacial score (nSPS) is 22.1. The van der Waals surface area contributed by atoms with Crippen molar-refractivity contribution in [1.29, 1.82) is 5.26 Å². The smallest absolute Gasteiger partial charge is 0.238 e. The quantitative estimate of drug-likeness (QED) is 0.848. The van der Waals surface area contributed by atoms with Crippen LogP contribution >= 0.6 is 0 Å². The molecule has 4 nitrogen and oxygen atoms in total. The van der Waals surface area contributed by atoms with Gasteiger partial charge in [-0.1, -0.05) is 26.7 Å². The summed E-state index contributed by atoms with van der Waals surface area (Å²) in [4.78, 5) is 14.6. The maximum atomic E-state index is 12.3. The average molecular weight is 265 g/mol. The van der Waals surface area contributed by atoms with E-state index in [0.29, 0.717) is 0 Å². The Hall–Kier alpha value is -1.08. The number of nitriles is 1. The number of nitrogens with zero attached hydrogens (tertiary/aromatic N) is 2. The van der Waals surface area contributed by atoms with Crippen molar-refractivity contribution in [3.63, 3.8) is 0 Å². The lowest BCUT2D eigenvalue weighted by molar-refractivity contribution is -0.127. The van der Waals surface area contributed by atoms with E-state index in [0.717, 1.165) is 25.9 Å². The lowest BCUT2D eigenvalue weighted by Gasteiger charge is -2.32. The highest BCUT2D eigenvalue weighted by molar-refractivity contribution is 5.82. The molecule has 19 heavy (non-hydrogen) atoms. The Morgan fingerprint density at radius 2 is 1.74 bits per heavy atom. The summed E-state index contributed by atoms with van der Waals surface area (Å²) in [6.45, 7) is 9.63. The van der Waals surface area contributed by atoms with Crippen molar-refractivity contribution in [1.82, 2.24) is 10.2 Å². The zero-order valence-corrected chi connectivity index (χ0v) is 12.7. The molecule has 2 unspecified atom stereocenters. The minimum atomic E-state index is -0.781. The summed E-state index contributed by atoms with van der Waals surface area (Å²) in [5, 5.41) is 12.2. The molecule has 0 aromatic heterocycles. The zero-order chi connectivity index (χ0) is 14.5. The van der Waals surface area contributed by atoms with Crippen molar-refractivity contribution in [2.75, 3.05) is 13.1 Å². The molecule has 1 N–H and O–H groups in total. The summed E-state index contributed by atoms with van der Waals surface area (Å²) >= 11 is 0. The highest BCUT2D eigenvalue weighted by atomic mass is 16.2. The van der Waals surface area contributed by atoms with Gasteiger partial charge in [-0.2, -0.15) is 5.26 Å². The number of nitrogens with one attached hydrogen (secondary N) is 1. The molecule has 2 atom stereocenters. The highest BCUT2D eigenvalue weighted by Crippen LogP contribution is 2.17. The fourth-order valence-corrected chi connectivity index (χ4v) is 2.31. The van der Waals surface area contributed by atoms with Crippen molar-refractivity contribution >= 4 is 5.91 Å². The van der Waals surface area contributed by atoms with Crippen LogP contribution in [0.25, 0.3) is 0 Å². The summed E-state index contributed by atoms with van der Waals surface area (Å²) < 4.78 is 0. The minimum absolute atomic E-state index is 0.0281. The van der Waals surface area contributed by atoms with Gasteiger partial charge in [0.05, 0.1) is 12.1 Å². The van der Waals surface area contributed by atoms with Gasteiger partial charge >= 0.3 is 0 Å². The number of hydrogen-bond acceptors (Lipinski definition) is 3. The number of rotatable bonds is 4. The van der Waals surface area contributed by atoms with Crippen molar-refractivity contribution in [3.8, 4) is 6.07 Å². The molecule has 1 aliphatic rings. The fourth-order valence-electron chi connectivity index (χ4n) is 2.31. The molecule has 0 aliphatic carbocycles. The SMILES string of the molecule is CC(C(=O)NC(C)(C#N)C(C)C)N1CCCCCC1. The van der Waals surface area contributed by atoms with Crippen molar-refractivity contribution in [2.45, 2.75) is 65.0 Å². The van der Waals surface area contributed by atoms with E-state index in [-0.39, 0.29) is 17.9 Å². The van der Waals surface area contributed by atoms with E-state index in [4.69, 9.17) is 0 Å². The molecule has 108 valence electrons. The van der Waals surface area contributed by atoms with Crippen LogP contribution in [0, 0.1) is 17.2 Å². The molecule has 0 saturated carbocycles. The number of amides is 1. The Bertz CT molecular complexity index is 340. The van der Waals surface area contributed by atoms with Gasteiger partial charge in [0.25, 0.3) is 0 Å². The predicted molar refractivity (Wildman–Crippen MR) is 76.5 cm³/mol. The Labute approximate surface area is 117 Å². The van der Waals surface area contributed by atoms with Gasteiger partial charge in [-0.15, -0.1) is 0 Å². The van der Waals surface area contributed by atoms with Crippen molar-refractivity contribution in [2.24, 2.45) is 5.92 Å². The molecule has 0 bridgehead atoms. The predicted octanol–water partition coefficient (Wildman–Crippen LogP) is 2.31. The third-order valence-electron chi connectivity index (χ3n) is 4.34. The van der Waals surface area contributed by atoms with Crippen LogP contribution in [0.5, 0.6) is 0 Å². The molecular weight excluding hydrogens is 238 g/mol. The molecule has 1 saturated heterocycles. The number of carbonyl (C=O) groups is 1. The minimum Gasteiger partial charge on any atom is -0.336 e. The van der Waals surface area contributed by atoms with Crippen LogP contribution in [0.1, 0.15) is 53.4 Å². The van der Waals surface area contributed by atoms with Crippen LogP contribution in [-0.4, -0.2) is 35.5 Å². The molecule has 0 aromatic rings. The Morgan fingerprint density at radius 1 is 1.21 bits per heavy atom. The van der Waals surface area contributed by atoms with E-state index in [2.05, 4.69) is 16.3 Å². The van der Waals surface area contributed by atoms with E-state index in [1.54, 1.807) is 6.92 Å². The van der Waals surface area contributed by atoms with Crippen LogP contribution in [0.4, 0.5) is 0 Å². The monoisotopic (exact) mass is 265 g/mol. The number of hydrogen-bond donors (Lipinski definition) is 1. The maximum absolute atomic E-state index is 12.3. The van der Waals surface area contributed by atoms with Crippen molar-refractivity contribution in [3.05, 3.63) is 0 Å². The first-order valence-corrected chi connectivity index (χ1v) is 7.38. The molecule has 4 heteroatoms. The maximum Gasteiger partial charge on any atom is 0.238 e. The van der Waals surface area contributed by atoms with Crippen LogP contribution < -0.4 is 5.32 Å². The second-order valence-electron chi connectivity index (χ2n) is 6.08. The van der Waals surface area contributed by atoms with Gasteiger partial charge in [-0.3, -0.25) is 9.69 Å². The van der Waals surface area contributed by atoms with E-state index in [1.165, 1.54) is 12.8 Å². The molecule has 1 amide bonds. The van der Waals surface area contributed by atoms with Gasteiger partial charge in [0.2, 0.25) is 5.91 Å². The molecule has 1 heterocycles. The molecule has 1 aliphatic heterocycles. The lowest BCUT2D eigenvalue weighted by atomic mass is 9.89. The number of carbonyl (C=O) groups excluding carboxylic acids is 1. The summed E-state index contributed by atoms with van der Waals surface area (Å²) in [6, 6.07) is 2.08. The number of likely N-dealkylation sites (tertiary alicyclic amines) is 1. The van der Waals surface area contributed by atoms with Crippen LogP contribution in [0.2, 0.25) is 0 Å². The topological polar surface area (TPSA) is 56.1 Å². The van der Waals surface area contributed by atoms with Crippen LogP contribution in [0.3, 0.4) is 0 Å². The van der Waals surface area contributed by atoms with Gasteiger partial charge in [-0.25, -0.2) is 0 Å². The first-order valence-electron chi connectivity index (χ1n) is 7.38. The largest absolute Gasteiger partial charge is 0.336 e. The molecule has 0 aromatic carbocycles. The molecular formula is C15H27N3O. The van der Waals surface area contributed by atoms with Crippen LogP contribution in [0.15, 0.2) is 0 Å². The van der Waals surface area contributed by atoms with Crippen LogP contribution in [-0.2, 0) is 4.79 Å².